The largest absolute Gasteiger partial charge is 0.282 e. The van der Waals surface area contributed by atoms with E-state index < -0.39 is 0 Å². The number of hydrogen-bond acceptors (Lipinski definition) is 1. The summed E-state index contributed by atoms with van der Waals surface area (Å²) in [6, 6.07) is 30.0. The van der Waals surface area contributed by atoms with Crippen molar-refractivity contribution >= 4 is 27.3 Å². The predicted octanol–water partition coefficient (Wildman–Crippen LogP) is 6.56. The van der Waals surface area contributed by atoms with Crippen LogP contribution in [0.2, 0.25) is 0 Å². The van der Waals surface area contributed by atoms with E-state index in [0.717, 1.165) is 5.71 Å². The first-order chi connectivity index (χ1) is 12.2. The second-order valence-corrected chi connectivity index (χ2v) is 6.49. The Balaban J connectivity index is 1.79. The lowest BCUT2D eigenvalue weighted by molar-refractivity contribution is 0.828. The van der Waals surface area contributed by atoms with Crippen LogP contribution in [0.5, 0.6) is 0 Å². The molecule has 25 heavy (non-hydrogen) atoms. The Morgan fingerprint density at radius 2 is 1.24 bits per heavy atom. The fraction of sp³-hybridized carbons (Fsp3) is 0.125. The molecule has 1 heteroatoms. The topological polar surface area (TPSA) is 12.4 Å². The van der Waals surface area contributed by atoms with Crippen molar-refractivity contribution in [2.75, 3.05) is 0 Å². The molecule has 0 N–H and O–H groups in total. The fourth-order valence-electron chi connectivity index (χ4n) is 3.59. The zero-order valence-electron chi connectivity index (χ0n) is 14.6. The highest BCUT2D eigenvalue weighted by molar-refractivity contribution is 6.09. The third kappa shape index (κ3) is 2.94. The van der Waals surface area contributed by atoms with Gasteiger partial charge < -0.3 is 0 Å². The van der Waals surface area contributed by atoms with E-state index in [4.69, 9.17) is 4.99 Å². The maximum atomic E-state index is 5.03. The molecule has 0 saturated heterocycles. The van der Waals surface area contributed by atoms with Gasteiger partial charge in [-0.25, -0.2) is 0 Å². The lowest BCUT2D eigenvalue weighted by Gasteiger charge is -2.13. The van der Waals surface area contributed by atoms with Gasteiger partial charge in [0.1, 0.15) is 0 Å². The average Bonchev–Trinajstić information content (AvgIpc) is 2.67. The van der Waals surface area contributed by atoms with Crippen LogP contribution in [0.15, 0.2) is 89.9 Å². The Hall–Kier alpha value is -2.93. The zero-order valence-corrected chi connectivity index (χ0v) is 14.6. The second kappa shape index (κ2) is 6.52. The van der Waals surface area contributed by atoms with E-state index in [2.05, 4.69) is 98.8 Å². The van der Waals surface area contributed by atoms with Gasteiger partial charge in [-0.2, -0.15) is 0 Å². The average molecular weight is 323 g/mol. The van der Waals surface area contributed by atoms with E-state index in [1.165, 1.54) is 32.7 Å². The standard InChI is InChI=1S/C24H21N/c1-17(21-15-7-11-19-9-3-5-13-23(19)21)25-18(2)22-16-8-12-20-10-4-6-14-24(20)22/h3-17H,1-2H3. The van der Waals surface area contributed by atoms with Crippen LogP contribution in [0, 0.1) is 0 Å². The van der Waals surface area contributed by atoms with Crippen LogP contribution < -0.4 is 0 Å². The third-order valence-corrected chi connectivity index (χ3v) is 4.84. The summed E-state index contributed by atoms with van der Waals surface area (Å²) in [5.74, 6) is 0. The first-order valence-electron chi connectivity index (χ1n) is 8.74. The zero-order chi connectivity index (χ0) is 17.2. The Morgan fingerprint density at radius 3 is 2.00 bits per heavy atom. The first-order valence-corrected chi connectivity index (χ1v) is 8.74. The van der Waals surface area contributed by atoms with Crippen LogP contribution in [0.1, 0.15) is 31.0 Å². The highest BCUT2D eigenvalue weighted by Crippen LogP contribution is 2.28. The summed E-state index contributed by atoms with van der Waals surface area (Å²) in [6.45, 7) is 4.29. The minimum Gasteiger partial charge on any atom is -0.282 e. The molecule has 0 aromatic heterocycles. The van der Waals surface area contributed by atoms with Gasteiger partial charge in [-0.1, -0.05) is 84.9 Å². The molecule has 4 aromatic carbocycles. The summed E-state index contributed by atoms with van der Waals surface area (Å²) in [4.78, 5) is 5.03. The molecule has 0 amide bonds. The maximum Gasteiger partial charge on any atom is 0.0730 e. The third-order valence-electron chi connectivity index (χ3n) is 4.84. The van der Waals surface area contributed by atoms with Gasteiger partial charge in [0.15, 0.2) is 0 Å². The molecule has 0 heterocycles. The van der Waals surface area contributed by atoms with Crippen LogP contribution in [0.4, 0.5) is 0 Å². The molecule has 0 aliphatic rings. The molecular weight excluding hydrogens is 302 g/mol. The van der Waals surface area contributed by atoms with Crippen molar-refractivity contribution in [3.05, 3.63) is 96.1 Å². The number of rotatable bonds is 3. The maximum absolute atomic E-state index is 5.03. The van der Waals surface area contributed by atoms with Crippen LogP contribution >= 0.6 is 0 Å². The summed E-state index contributed by atoms with van der Waals surface area (Å²) in [5.41, 5.74) is 3.57. The van der Waals surface area contributed by atoms with Gasteiger partial charge in [0.25, 0.3) is 0 Å². The van der Waals surface area contributed by atoms with E-state index in [1.807, 2.05) is 0 Å². The van der Waals surface area contributed by atoms with E-state index in [9.17, 15) is 0 Å². The lowest BCUT2D eigenvalue weighted by atomic mass is 9.98. The predicted molar refractivity (Wildman–Crippen MR) is 109 cm³/mol. The highest BCUT2D eigenvalue weighted by atomic mass is 14.8. The van der Waals surface area contributed by atoms with Crippen molar-refractivity contribution in [2.45, 2.75) is 19.9 Å². The minimum absolute atomic E-state index is 0.116. The van der Waals surface area contributed by atoms with E-state index in [-0.39, 0.29) is 6.04 Å². The molecule has 0 radical (unpaired) electrons. The quantitative estimate of drug-likeness (QED) is 0.378. The van der Waals surface area contributed by atoms with Crippen LogP contribution in [0.25, 0.3) is 21.5 Å². The minimum atomic E-state index is 0.116. The number of fused-ring (bicyclic) bond motifs is 2. The summed E-state index contributed by atoms with van der Waals surface area (Å²) in [5, 5.41) is 5.07. The highest BCUT2D eigenvalue weighted by Gasteiger charge is 2.10. The monoisotopic (exact) mass is 323 g/mol. The summed E-state index contributed by atoms with van der Waals surface area (Å²) >= 11 is 0. The first kappa shape index (κ1) is 15.6. The number of nitrogens with zero attached hydrogens (tertiary/aromatic N) is 1. The van der Waals surface area contributed by atoms with Gasteiger partial charge in [-0.15, -0.1) is 0 Å². The molecular formula is C24H21N. The lowest BCUT2D eigenvalue weighted by Crippen LogP contribution is -2.00. The summed E-state index contributed by atoms with van der Waals surface area (Å²) in [6.07, 6.45) is 0. The molecule has 4 rings (SSSR count). The Morgan fingerprint density at radius 1 is 0.680 bits per heavy atom. The summed E-state index contributed by atoms with van der Waals surface area (Å²) < 4.78 is 0. The van der Waals surface area contributed by atoms with Gasteiger partial charge in [0.2, 0.25) is 0 Å². The normalized spacial score (nSPS) is 13.3. The van der Waals surface area contributed by atoms with Gasteiger partial charge in [-0.3, -0.25) is 4.99 Å². The molecule has 4 aromatic rings. The molecule has 0 aliphatic carbocycles. The molecule has 1 nitrogen and oxygen atoms in total. The van der Waals surface area contributed by atoms with Crippen molar-refractivity contribution in [3.8, 4) is 0 Å². The van der Waals surface area contributed by atoms with Gasteiger partial charge in [0, 0.05) is 11.3 Å². The molecule has 0 saturated carbocycles. The van der Waals surface area contributed by atoms with Gasteiger partial charge in [-0.05, 0) is 41.0 Å². The van der Waals surface area contributed by atoms with Crippen LogP contribution in [-0.2, 0) is 0 Å². The SMILES string of the molecule is CC(=NC(C)c1cccc2ccccc12)c1cccc2ccccc12. The molecule has 0 bridgehead atoms. The molecule has 0 aliphatic heterocycles. The van der Waals surface area contributed by atoms with Crippen LogP contribution in [-0.4, -0.2) is 5.71 Å². The van der Waals surface area contributed by atoms with Gasteiger partial charge in [0.05, 0.1) is 6.04 Å². The second-order valence-electron chi connectivity index (χ2n) is 6.49. The Kier molecular flexibility index (Phi) is 4.07. The number of hydrogen-bond donors (Lipinski definition) is 0. The number of benzene rings is 4. The van der Waals surface area contributed by atoms with Crippen molar-refractivity contribution in [1.29, 1.82) is 0 Å². The van der Waals surface area contributed by atoms with Gasteiger partial charge >= 0.3 is 0 Å². The smallest absolute Gasteiger partial charge is 0.0730 e. The molecule has 1 unspecified atom stereocenters. The van der Waals surface area contributed by atoms with Crippen LogP contribution in [0.3, 0.4) is 0 Å². The van der Waals surface area contributed by atoms with Crippen molar-refractivity contribution in [1.82, 2.24) is 0 Å². The van der Waals surface area contributed by atoms with E-state index in [0.29, 0.717) is 0 Å². The molecule has 0 fully saturated rings. The van der Waals surface area contributed by atoms with E-state index >= 15 is 0 Å². The van der Waals surface area contributed by atoms with Crippen molar-refractivity contribution < 1.29 is 0 Å². The Labute approximate surface area is 148 Å². The number of aliphatic imine (C=N–C) groups is 1. The molecule has 122 valence electrons. The van der Waals surface area contributed by atoms with E-state index in [1.54, 1.807) is 0 Å². The summed E-state index contributed by atoms with van der Waals surface area (Å²) in [7, 11) is 0. The molecule has 1 atom stereocenters. The van der Waals surface area contributed by atoms with Crippen molar-refractivity contribution in [3.63, 3.8) is 0 Å². The Bertz CT molecular complexity index is 1060. The molecule has 0 spiro atoms. The fourth-order valence-corrected chi connectivity index (χ4v) is 3.59. The van der Waals surface area contributed by atoms with Crippen molar-refractivity contribution in [2.24, 2.45) is 4.99 Å².